The van der Waals surface area contributed by atoms with Gasteiger partial charge in [0.2, 0.25) is 0 Å². The molecule has 1 aromatic rings. The number of aryl methyl sites for hydroxylation is 1. The Hall–Kier alpha value is -0.930. The molecule has 2 heterocycles. The molecular weight excluding hydrogens is 224 g/mol. The Labute approximate surface area is 110 Å². The minimum atomic E-state index is -0.107. The zero-order valence-electron chi connectivity index (χ0n) is 11.7. The van der Waals surface area contributed by atoms with Gasteiger partial charge in [-0.25, -0.2) is 0 Å². The van der Waals surface area contributed by atoms with Crippen LogP contribution in [-0.2, 0) is 4.74 Å². The van der Waals surface area contributed by atoms with Gasteiger partial charge in [-0.15, -0.1) is 0 Å². The Balaban J connectivity index is 2.26. The van der Waals surface area contributed by atoms with Gasteiger partial charge in [-0.2, -0.15) is 0 Å². The fourth-order valence-corrected chi connectivity index (χ4v) is 2.81. The smallest absolute Gasteiger partial charge is 0.0848 e. The second-order valence-electron chi connectivity index (χ2n) is 5.40. The first-order valence-corrected chi connectivity index (χ1v) is 6.94. The summed E-state index contributed by atoms with van der Waals surface area (Å²) in [6.07, 6.45) is 7.40. The Morgan fingerprint density at radius 1 is 1.44 bits per heavy atom. The Morgan fingerprint density at radius 3 is 2.89 bits per heavy atom. The first-order valence-electron chi connectivity index (χ1n) is 6.94. The van der Waals surface area contributed by atoms with Crippen molar-refractivity contribution in [1.29, 1.82) is 0 Å². The van der Waals surface area contributed by atoms with E-state index in [4.69, 9.17) is 4.74 Å². The molecule has 1 saturated heterocycles. The number of ether oxygens (including phenoxy) is 1. The number of rotatable bonds is 4. The second-order valence-corrected chi connectivity index (χ2v) is 5.40. The van der Waals surface area contributed by atoms with Crippen LogP contribution in [0.2, 0.25) is 0 Å². The van der Waals surface area contributed by atoms with E-state index in [1.165, 1.54) is 24.0 Å². The molecular formula is C15H24N2O. The number of hydrogen-bond acceptors (Lipinski definition) is 3. The lowest BCUT2D eigenvalue weighted by molar-refractivity contribution is -0.0896. The lowest BCUT2D eigenvalue weighted by Crippen LogP contribution is -2.46. The van der Waals surface area contributed by atoms with Crippen molar-refractivity contribution in [1.82, 2.24) is 10.3 Å². The molecule has 1 fully saturated rings. The fraction of sp³-hybridized carbons (Fsp3) is 0.667. The van der Waals surface area contributed by atoms with E-state index in [1.807, 2.05) is 12.4 Å². The lowest BCUT2D eigenvalue weighted by Gasteiger charge is -2.41. The van der Waals surface area contributed by atoms with Crippen LogP contribution in [0, 0.1) is 6.92 Å². The van der Waals surface area contributed by atoms with Crippen molar-refractivity contribution < 1.29 is 4.74 Å². The molecule has 18 heavy (non-hydrogen) atoms. The Morgan fingerprint density at radius 2 is 2.28 bits per heavy atom. The lowest BCUT2D eigenvalue weighted by atomic mass is 9.84. The van der Waals surface area contributed by atoms with Gasteiger partial charge < -0.3 is 10.1 Å². The minimum absolute atomic E-state index is 0.107. The summed E-state index contributed by atoms with van der Waals surface area (Å²) in [5, 5.41) is 3.57. The van der Waals surface area contributed by atoms with Crippen molar-refractivity contribution in [3.8, 4) is 0 Å². The molecule has 0 saturated carbocycles. The molecule has 2 rings (SSSR count). The van der Waals surface area contributed by atoms with E-state index in [0.717, 1.165) is 19.6 Å². The van der Waals surface area contributed by atoms with Gasteiger partial charge in [0.05, 0.1) is 11.6 Å². The van der Waals surface area contributed by atoms with Crippen LogP contribution in [-0.4, -0.2) is 23.7 Å². The molecule has 1 N–H and O–H groups in total. The summed E-state index contributed by atoms with van der Waals surface area (Å²) >= 11 is 0. The number of hydrogen-bond donors (Lipinski definition) is 1. The third kappa shape index (κ3) is 2.90. The third-order valence-corrected chi connectivity index (χ3v) is 3.75. The van der Waals surface area contributed by atoms with Gasteiger partial charge in [0, 0.05) is 19.0 Å². The van der Waals surface area contributed by atoms with Gasteiger partial charge in [-0.1, -0.05) is 13.0 Å². The van der Waals surface area contributed by atoms with Gasteiger partial charge >= 0.3 is 0 Å². The van der Waals surface area contributed by atoms with E-state index in [1.54, 1.807) is 0 Å². The predicted octanol–water partition coefficient (Wildman–Crippen LogP) is 3.00. The molecule has 1 aliphatic rings. The summed E-state index contributed by atoms with van der Waals surface area (Å²) in [5.41, 5.74) is 2.33. The SMILES string of the molecule is CCNC(c1cncc(C)c1)C1(C)CCCCO1. The molecule has 2 unspecified atom stereocenters. The summed E-state index contributed by atoms with van der Waals surface area (Å²) in [5.74, 6) is 0. The van der Waals surface area contributed by atoms with Crippen LogP contribution in [0.5, 0.6) is 0 Å². The highest BCUT2D eigenvalue weighted by atomic mass is 16.5. The number of nitrogens with one attached hydrogen (secondary N) is 1. The molecule has 1 aliphatic heterocycles. The molecule has 0 bridgehead atoms. The highest BCUT2D eigenvalue weighted by molar-refractivity contribution is 5.23. The van der Waals surface area contributed by atoms with Gasteiger partial charge in [-0.3, -0.25) is 4.98 Å². The Bertz CT molecular complexity index is 386. The molecule has 100 valence electrons. The molecule has 3 nitrogen and oxygen atoms in total. The molecule has 0 aliphatic carbocycles. The van der Waals surface area contributed by atoms with Crippen LogP contribution in [0.4, 0.5) is 0 Å². The summed E-state index contributed by atoms with van der Waals surface area (Å²) in [6.45, 7) is 8.27. The van der Waals surface area contributed by atoms with Crippen LogP contribution in [0.25, 0.3) is 0 Å². The second kappa shape index (κ2) is 5.81. The molecule has 0 spiro atoms. The maximum absolute atomic E-state index is 6.08. The molecule has 0 amide bonds. The maximum atomic E-state index is 6.08. The van der Waals surface area contributed by atoms with E-state index >= 15 is 0 Å². The quantitative estimate of drug-likeness (QED) is 0.889. The number of pyridine rings is 1. The van der Waals surface area contributed by atoms with Crippen LogP contribution in [0.1, 0.15) is 50.3 Å². The zero-order valence-corrected chi connectivity index (χ0v) is 11.7. The molecule has 0 aromatic carbocycles. The average molecular weight is 248 g/mol. The van der Waals surface area contributed by atoms with Crippen LogP contribution >= 0.6 is 0 Å². The first-order chi connectivity index (χ1) is 8.65. The maximum Gasteiger partial charge on any atom is 0.0848 e. The zero-order chi connectivity index (χ0) is 13.0. The van der Waals surface area contributed by atoms with Crippen molar-refractivity contribution in [2.24, 2.45) is 0 Å². The molecule has 0 radical (unpaired) electrons. The average Bonchev–Trinajstić information content (AvgIpc) is 2.36. The highest BCUT2D eigenvalue weighted by Gasteiger charge is 2.37. The van der Waals surface area contributed by atoms with Crippen molar-refractivity contribution >= 4 is 0 Å². The first kappa shape index (κ1) is 13.5. The van der Waals surface area contributed by atoms with Crippen molar-refractivity contribution in [2.75, 3.05) is 13.2 Å². The summed E-state index contributed by atoms with van der Waals surface area (Å²) in [7, 11) is 0. The summed E-state index contributed by atoms with van der Waals surface area (Å²) < 4.78 is 6.08. The minimum Gasteiger partial charge on any atom is -0.373 e. The van der Waals surface area contributed by atoms with Gasteiger partial charge in [0.15, 0.2) is 0 Å². The van der Waals surface area contributed by atoms with E-state index in [2.05, 4.69) is 37.1 Å². The van der Waals surface area contributed by atoms with Crippen molar-refractivity contribution in [3.63, 3.8) is 0 Å². The fourth-order valence-electron chi connectivity index (χ4n) is 2.81. The van der Waals surface area contributed by atoms with Crippen LogP contribution in [0.15, 0.2) is 18.5 Å². The normalized spacial score (nSPS) is 25.9. The van der Waals surface area contributed by atoms with E-state index in [9.17, 15) is 0 Å². The van der Waals surface area contributed by atoms with E-state index in [-0.39, 0.29) is 11.6 Å². The topological polar surface area (TPSA) is 34.2 Å². The van der Waals surface area contributed by atoms with Crippen LogP contribution in [0.3, 0.4) is 0 Å². The van der Waals surface area contributed by atoms with Gasteiger partial charge in [-0.05, 0) is 50.8 Å². The van der Waals surface area contributed by atoms with E-state index in [0.29, 0.717) is 0 Å². The number of likely N-dealkylation sites (N-methyl/N-ethyl adjacent to an activating group) is 1. The summed E-state index contributed by atoms with van der Waals surface area (Å²) in [6, 6.07) is 2.44. The van der Waals surface area contributed by atoms with Crippen LogP contribution < -0.4 is 5.32 Å². The number of nitrogens with zero attached hydrogens (tertiary/aromatic N) is 1. The molecule has 2 atom stereocenters. The summed E-state index contributed by atoms with van der Waals surface area (Å²) in [4.78, 5) is 4.32. The predicted molar refractivity (Wildman–Crippen MR) is 73.6 cm³/mol. The largest absolute Gasteiger partial charge is 0.373 e. The molecule has 3 heteroatoms. The molecule has 1 aromatic heterocycles. The van der Waals surface area contributed by atoms with Gasteiger partial charge in [0.25, 0.3) is 0 Å². The Kier molecular flexibility index (Phi) is 4.36. The monoisotopic (exact) mass is 248 g/mol. The highest BCUT2D eigenvalue weighted by Crippen LogP contribution is 2.36. The number of aromatic nitrogens is 1. The van der Waals surface area contributed by atoms with Gasteiger partial charge in [0.1, 0.15) is 0 Å². The third-order valence-electron chi connectivity index (χ3n) is 3.75. The van der Waals surface area contributed by atoms with Crippen molar-refractivity contribution in [3.05, 3.63) is 29.6 Å². The van der Waals surface area contributed by atoms with Crippen molar-refractivity contribution in [2.45, 2.75) is 51.7 Å². The standard InChI is InChI=1S/C15H24N2O/c1-4-17-14(13-9-12(2)10-16-11-13)15(3)7-5-6-8-18-15/h9-11,14,17H,4-8H2,1-3H3. The van der Waals surface area contributed by atoms with E-state index < -0.39 is 0 Å².